The minimum atomic E-state index is -0.470. The highest BCUT2D eigenvalue weighted by molar-refractivity contribution is 7.98. The predicted octanol–water partition coefficient (Wildman–Crippen LogP) is 2.76. The topological polar surface area (TPSA) is 64.8 Å². The van der Waals surface area contributed by atoms with E-state index in [2.05, 4.69) is 0 Å². The van der Waals surface area contributed by atoms with E-state index in [9.17, 15) is 4.79 Å². The summed E-state index contributed by atoms with van der Waals surface area (Å²) >= 11 is 1.61. The number of thioether (sulfide) groups is 1. The molecule has 2 atom stereocenters. The van der Waals surface area contributed by atoms with Gasteiger partial charge in [0.05, 0.1) is 20.3 Å². The summed E-state index contributed by atoms with van der Waals surface area (Å²) in [5.41, 5.74) is 7.07. The number of hydrogen-bond acceptors (Lipinski definition) is 5. The molecule has 1 amide bonds. The minimum Gasteiger partial charge on any atom is -0.493 e. The van der Waals surface area contributed by atoms with Crippen molar-refractivity contribution in [2.45, 2.75) is 37.8 Å². The first kappa shape index (κ1) is 19.6. The van der Waals surface area contributed by atoms with Gasteiger partial charge >= 0.3 is 0 Å². The van der Waals surface area contributed by atoms with Gasteiger partial charge in [-0.15, -0.1) is 11.8 Å². The van der Waals surface area contributed by atoms with Gasteiger partial charge in [-0.05, 0) is 29.9 Å². The molecule has 0 saturated heterocycles. The molecule has 0 aliphatic heterocycles. The van der Waals surface area contributed by atoms with Crippen LogP contribution < -0.4 is 15.2 Å². The van der Waals surface area contributed by atoms with Gasteiger partial charge < -0.3 is 20.1 Å². The van der Waals surface area contributed by atoms with Gasteiger partial charge in [0.15, 0.2) is 11.5 Å². The Hall–Kier alpha value is -1.40. The third kappa shape index (κ3) is 4.78. The van der Waals surface area contributed by atoms with Crippen molar-refractivity contribution in [3.05, 3.63) is 17.7 Å². The Kier molecular flexibility index (Phi) is 7.72. The van der Waals surface area contributed by atoms with Crippen LogP contribution in [0.4, 0.5) is 0 Å². The maximum Gasteiger partial charge on any atom is 0.239 e. The summed E-state index contributed by atoms with van der Waals surface area (Å²) in [6.07, 6.45) is 2.88. The van der Waals surface area contributed by atoms with Crippen LogP contribution in [-0.2, 0) is 11.3 Å². The molecule has 23 heavy (non-hydrogen) atoms. The number of hydrogen-bond donors (Lipinski definition) is 1. The highest BCUT2D eigenvalue weighted by Crippen LogP contribution is 2.35. The quantitative estimate of drug-likeness (QED) is 0.737. The third-order valence-electron chi connectivity index (χ3n) is 4.11. The zero-order valence-corrected chi connectivity index (χ0v) is 15.7. The molecular formula is C17H28N2O3S. The van der Waals surface area contributed by atoms with E-state index in [1.807, 2.05) is 32.2 Å². The summed E-state index contributed by atoms with van der Waals surface area (Å²) in [6, 6.07) is 3.39. The van der Waals surface area contributed by atoms with E-state index in [0.717, 1.165) is 16.9 Å². The molecule has 0 saturated carbocycles. The average Bonchev–Trinajstić information content (AvgIpc) is 2.58. The second kappa shape index (κ2) is 9.03. The van der Waals surface area contributed by atoms with Crippen LogP contribution in [0.15, 0.2) is 17.0 Å². The number of methoxy groups -OCH3 is 2. The first-order valence-electron chi connectivity index (χ1n) is 7.68. The van der Waals surface area contributed by atoms with Gasteiger partial charge in [0.2, 0.25) is 5.91 Å². The summed E-state index contributed by atoms with van der Waals surface area (Å²) in [5.74, 6) is 1.47. The number of ether oxygens (including phenoxy) is 2. The van der Waals surface area contributed by atoms with Gasteiger partial charge in [-0.3, -0.25) is 4.79 Å². The standard InChI is InChI=1S/C17H28N2O3S/c1-7-11(2)16(18)17(20)19(3)10-12-8-13(21-4)14(22-5)9-15(12)23-6/h8-9,11,16H,7,10,18H2,1-6H3. The largest absolute Gasteiger partial charge is 0.493 e. The van der Waals surface area contributed by atoms with Crippen LogP contribution in [0.25, 0.3) is 0 Å². The molecule has 130 valence electrons. The van der Waals surface area contributed by atoms with Gasteiger partial charge in [0, 0.05) is 18.5 Å². The van der Waals surface area contributed by atoms with Crippen molar-refractivity contribution in [3.63, 3.8) is 0 Å². The van der Waals surface area contributed by atoms with Crippen LogP contribution in [0.3, 0.4) is 0 Å². The molecule has 0 aliphatic rings. The fourth-order valence-electron chi connectivity index (χ4n) is 2.30. The van der Waals surface area contributed by atoms with Gasteiger partial charge in [0.1, 0.15) is 0 Å². The molecule has 0 radical (unpaired) electrons. The van der Waals surface area contributed by atoms with Crippen molar-refractivity contribution >= 4 is 17.7 Å². The number of amides is 1. The van der Waals surface area contributed by atoms with Crippen LogP contribution in [0.1, 0.15) is 25.8 Å². The lowest BCUT2D eigenvalue weighted by molar-refractivity contribution is -0.133. The Morgan fingerprint density at radius 2 is 1.87 bits per heavy atom. The summed E-state index contributed by atoms with van der Waals surface area (Å²) in [7, 11) is 5.00. The normalized spacial score (nSPS) is 13.3. The SMILES string of the molecule is CCC(C)C(N)C(=O)N(C)Cc1cc(OC)c(OC)cc1SC. The van der Waals surface area contributed by atoms with Crippen LogP contribution in [0, 0.1) is 5.92 Å². The van der Waals surface area contributed by atoms with Gasteiger partial charge in [0.25, 0.3) is 0 Å². The van der Waals surface area contributed by atoms with Crippen molar-refractivity contribution in [3.8, 4) is 11.5 Å². The third-order valence-corrected chi connectivity index (χ3v) is 4.93. The Bertz CT molecular complexity index is 537. The summed E-state index contributed by atoms with van der Waals surface area (Å²) in [4.78, 5) is 15.2. The molecule has 1 aromatic rings. The second-order valence-corrected chi connectivity index (χ2v) is 6.47. The molecule has 5 nitrogen and oxygen atoms in total. The van der Waals surface area contributed by atoms with E-state index in [1.165, 1.54) is 0 Å². The van der Waals surface area contributed by atoms with Crippen molar-refractivity contribution < 1.29 is 14.3 Å². The monoisotopic (exact) mass is 340 g/mol. The molecule has 2 N–H and O–H groups in total. The highest BCUT2D eigenvalue weighted by atomic mass is 32.2. The molecular weight excluding hydrogens is 312 g/mol. The molecule has 1 aromatic carbocycles. The number of nitrogens with zero attached hydrogens (tertiary/aromatic N) is 1. The molecule has 0 fully saturated rings. The highest BCUT2D eigenvalue weighted by Gasteiger charge is 2.23. The molecule has 2 unspecified atom stereocenters. The van der Waals surface area contributed by atoms with E-state index in [0.29, 0.717) is 18.0 Å². The van der Waals surface area contributed by atoms with Gasteiger partial charge in [-0.25, -0.2) is 0 Å². The first-order valence-corrected chi connectivity index (χ1v) is 8.91. The second-order valence-electron chi connectivity index (χ2n) is 5.62. The fraction of sp³-hybridized carbons (Fsp3) is 0.588. The Balaban J connectivity index is 3.01. The predicted molar refractivity (Wildman–Crippen MR) is 95.2 cm³/mol. The minimum absolute atomic E-state index is 0.0406. The number of carbonyl (C=O) groups excluding carboxylic acids is 1. The number of rotatable bonds is 8. The number of carbonyl (C=O) groups is 1. The van der Waals surface area contributed by atoms with Gasteiger partial charge in [-0.2, -0.15) is 0 Å². The van der Waals surface area contributed by atoms with E-state index in [4.69, 9.17) is 15.2 Å². The van der Waals surface area contributed by atoms with Crippen molar-refractivity contribution in [2.24, 2.45) is 11.7 Å². The molecule has 0 spiro atoms. The lowest BCUT2D eigenvalue weighted by Gasteiger charge is -2.25. The first-order chi connectivity index (χ1) is 10.9. The lowest BCUT2D eigenvalue weighted by atomic mass is 9.99. The maximum absolute atomic E-state index is 12.5. The Morgan fingerprint density at radius 1 is 1.30 bits per heavy atom. The van der Waals surface area contributed by atoms with E-state index in [1.54, 1.807) is 37.9 Å². The summed E-state index contributed by atoms with van der Waals surface area (Å²) < 4.78 is 10.7. The maximum atomic E-state index is 12.5. The van der Waals surface area contributed by atoms with Crippen LogP contribution >= 0.6 is 11.8 Å². The zero-order chi connectivity index (χ0) is 17.6. The van der Waals surface area contributed by atoms with Gasteiger partial charge in [-0.1, -0.05) is 20.3 Å². The number of likely N-dealkylation sites (N-methyl/N-ethyl adjacent to an activating group) is 1. The van der Waals surface area contributed by atoms with Crippen molar-refractivity contribution in [1.82, 2.24) is 4.90 Å². The molecule has 0 heterocycles. The average molecular weight is 340 g/mol. The van der Waals surface area contributed by atoms with Crippen molar-refractivity contribution in [1.29, 1.82) is 0 Å². The number of nitrogens with two attached hydrogens (primary N) is 1. The summed E-state index contributed by atoms with van der Waals surface area (Å²) in [5, 5.41) is 0. The molecule has 6 heteroatoms. The van der Waals surface area contributed by atoms with Crippen LogP contribution in [0.2, 0.25) is 0 Å². The fourth-order valence-corrected chi connectivity index (χ4v) is 2.91. The molecule has 0 aromatic heterocycles. The molecule has 0 bridgehead atoms. The molecule has 0 aliphatic carbocycles. The zero-order valence-electron chi connectivity index (χ0n) is 14.9. The molecule has 1 rings (SSSR count). The van der Waals surface area contributed by atoms with E-state index in [-0.39, 0.29) is 11.8 Å². The van der Waals surface area contributed by atoms with Crippen LogP contribution in [0.5, 0.6) is 11.5 Å². The summed E-state index contributed by atoms with van der Waals surface area (Å²) in [6.45, 7) is 4.53. The van der Waals surface area contributed by atoms with Crippen molar-refractivity contribution in [2.75, 3.05) is 27.5 Å². The van der Waals surface area contributed by atoms with Crippen LogP contribution in [-0.4, -0.2) is 44.4 Å². The van der Waals surface area contributed by atoms with E-state index >= 15 is 0 Å². The smallest absolute Gasteiger partial charge is 0.239 e. The Morgan fingerprint density at radius 3 is 2.35 bits per heavy atom. The lowest BCUT2D eigenvalue weighted by Crippen LogP contribution is -2.45. The number of benzene rings is 1. The van der Waals surface area contributed by atoms with E-state index < -0.39 is 6.04 Å². The Labute approximate surface area is 143 Å².